The number of hydrogen-bond donors (Lipinski definition) is 0. The van der Waals surface area contributed by atoms with Gasteiger partial charge in [0.15, 0.2) is 0 Å². The molecule has 25 heavy (non-hydrogen) atoms. The summed E-state index contributed by atoms with van der Waals surface area (Å²) in [7, 11) is 1.74. The van der Waals surface area contributed by atoms with E-state index in [9.17, 15) is 0 Å². The second-order valence-electron chi connectivity index (χ2n) is 6.05. The van der Waals surface area contributed by atoms with Crippen LogP contribution in [0.2, 0.25) is 0 Å². The van der Waals surface area contributed by atoms with Crippen LogP contribution in [-0.2, 0) is 11.3 Å². The minimum Gasteiger partial charge on any atom is -0.493 e. The lowest BCUT2D eigenvalue weighted by Gasteiger charge is -2.33. The van der Waals surface area contributed by atoms with Gasteiger partial charge in [0.05, 0.1) is 25.3 Å². The van der Waals surface area contributed by atoms with Gasteiger partial charge in [-0.05, 0) is 19.1 Å². The first-order valence-electron chi connectivity index (χ1n) is 8.78. The molecule has 0 saturated carbocycles. The lowest BCUT2D eigenvalue weighted by atomic mass is 10.2. The van der Waals surface area contributed by atoms with Crippen LogP contribution in [-0.4, -0.2) is 73.0 Å². The Hall–Kier alpha value is -1.96. The van der Waals surface area contributed by atoms with Gasteiger partial charge in [-0.3, -0.25) is 9.80 Å². The third kappa shape index (κ3) is 4.78. The van der Waals surface area contributed by atoms with Gasteiger partial charge >= 0.3 is 0 Å². The highest BCUT2D eigenvalue weighted by atomic mass is 16.5. The first-order chi connectivity index (χ1) is 12.3. The fraction of sp³-hybridized carbons (Fsp3) is 0.556. The minimum absolute atomic E-state index is 0.581. The number of rotatable bonds is 8. The van der Waals surface area contributed by atoms with Crippen molar-refractivity contribution >= 4 is 0 Å². The zero-order chi connectivity index (χ0) is 17.5. The molecule has 1 aromatic heterocycles. The van der Waals surface area contributed by atoms with E-state index in [2.05, 4.69) is 19.9 Å². The lowest BCUT2D eigenvalue weighted by molar-refractivity contribution is 0.0883. The monoisotopic (exact) mass is 346 g/mol. The molecule has 0 atom stereocenters. The SMILES string of the molecule is CCOc1ccccc1-c1noc(CN2CCN(CCOC)CC2)n1. The van der Waals surface area contributed by atoms with Gasteiger partial charge in [-0.1, -0.05) is 17.3 Å². The number of nitrogens with zero attached hydrogens (tertiary/aromatic N) is 4. The van der Waals surface area contributed by atoms with Crippen molar-refractivity contribution in [1.29, 1.82) is 0 Å². The van der Waals surface area contributed by atoms with E-state index in [1.54, 1.807) is 7.11 Å². The highest BCUT2D eigenvalue weighted by Gasteiger charge is 2.20. The Morgan fingerprint density at radius 2 is 1.88 bits per heavy atom. The van der Waals surface area contributed by atoms with E-state index in [0.717, 1.165) is 50.6 Å². The zero-order valence-corrected chi connectivity index (χ0v) is 15.0. The van der Waals surface area contributed by atoms with Crippen LogP contribution in [0.3, 0.4) is 0 Å². The maximum absolute atomic E-state index is 5.65. The van der Waals surface area contributed by atoms with E-state index in [-0.39, 0.29) is 0 Å². The Labute approximate surface area is 148 Å². The number of hydrogen-bond acceptors (Lipinski definition) is 7. The lowest BCUT2D eigenvalue weighted by Crippen LogP contribution is -2.46. The molecule has 0 unspecified atom stereocenters. The van der Waals surface area contributed by atoms with Crippen LogP contribution in [0.4, 0.5) is 0 Å². The standard InChI is InChI=1S/C18H26N4O3/c1-3-24-16-7-5-4-6-15(16)18-19-17(25-20-18)14-22-10-8-21(9-11-22)12-13-23-2/h4-7H,3,8-14H2,1-2H3. The molecule has 3 rings (SSSR count). The average molecular weight is 346 g/mol. The topological polar surface area (TPSA) is 63.9 Å². The van der Waals surface area contributed by atoms with Crippen LogP contribution < -0.4 is 4.74 Å². The quantitative estimate of drug-likeness (QED) is 0.723. The van der Waals surface area contributed by atoms with Gasteiger partial charge in [0.25, 0.3) is 0 Å². The molecule has 0 amide bonds. The Balaban J connectivity index is 1.58. The summed E-state index contributed by atoms with van der Waals surface area (Å²) in [4.78, 5) is 9.31. The number of methoxy groups -OCH3 is 1. The molecule has 0 aliphatic carbocycles. The number of benzene rings is 1. The summed E-state index contributed by atoms with van der Waals surface area (Å²) >= 11 is 0. The molecule has 7 nitrogen and oxygen atoms in total. The van der Waals surface area contributed by atoms with Crippen molar-refractivity contribution in [2.45, 2.75) is 13.5 Å². The second kappa shape index (κ2) is 8.94. The molecule has 1 aliphatic heterocycles. The van der Waals surface area contributed by atoms with Crippen molar-refractivity contribution in [2.24, 2.45) is 0 Å². The summed E-state index contributed by atoms with van der Waals surface area (Å²) in [6.45, 7) is 9.10. The number of piperazine rings is 1. The summed E-state index contributed by atoms with van der Waals surface area (Å²) in [6.07, 6.45) is 0. The van der Waals surface area contributed by atoms with Crippen molar-refractivity contribution < 1.29 is 14.0 Å². The fourth-order valence-electron chi connectivity index (χ4n) is 2.94. The van der Waals surface area contributed by atoms with Crippen molar-refractivity contribution in [3.63, 3.8) is 0 Å². The van der Waals surface area contributed by atoms with Gasteiger partial charge < -0.3 is 14.0 Å². The third-order valence-electron chi connectivity index (χ3n) is 4.33. The molecule has 7 heteroatoms. The number of aromatic nitrogens is 2. The van der Waals surface area contributed by atoms with Crippen molar-refractivity contribution in [3.8, 4) is 17.1 Å². The smallest absolute Gasteiger partial charge is 0.241 e. The molecule has 1 saturated heterocycles. The Kier molecular flexibility index (Phi) is 6.38. The predicted octanol–water partition coefficient (Wildman–Crippen LogP) is 1.90. The molecule has 0 radical (unpaired) electrons. The summed E-state index contributed by atoms with van der Waals surface area (Å²) in [5.74, 6) is 2.01. The highest BCUT2D eigenvalue weighted by molar-refractivity contribution is 5.63. The zero-order valence-electron chi connectivity index (χ0n) is 15.0. The van der Waals surface area contributed by atoms with Gasteiger partial charge in [0.2, 0.25) is 11.7 Å². The van der Waals surface area contributed by atoms with Crippen LogP contribution in [0.1, 0.15) is 12.8 Å². The maximum atomic E-state index is 5.65. The Morgan fingerprint density at radius 3 is 2.64 bits per heavy atom. The highest BCUT2D eigenvalue weighted by Crippen LogP contribution is 2.27. The summed E-state index contributed by atoms with van der Waals surface area (Å²) in [5.41, 5.74) is 0.865. The molecule has 1 aromatic carbocycles. The molecule has 2 heterocycles. The van der Waals surface area contributed by atoms with E-state index in [1.165, 1.54) is 0 Å². The van der Waals surface area contributed by atoms with Crippen LogP contribution >= 0.6 is 0 Å². The molecule has 0 bridgehead atoms. The molecule has 1 aliphatic rings. The maximum Gasteiger partial charge on any atom is 0.241 e. The van der Waals surface area contributed by atoms with Gasteiger partial charge in [0, 0.05) is 39.8 Å². The van der Waals surface area contributed by atoms with Gasteiger partial charge in [0.1, 0.15) is 5.75 Å². The molecular formula is C18H26N4O3. The first-order valence-corrected chi connectivity index (χ1v) is 8.78. The fourth-order valence-corrected chi connectivity index (χ4v) is 2.94. The van der Waals surface area contributed by atoms with Crippen LogP contribution in [0.15, 0.2) is 28.8 Å². The van der Waals surface area contributed by atoms with E-state index in [0.29, 0.717) is 24.9 Å². The summed E-state index contributed by atoms with van der Waals surface area (Å²) in [6, 6.07) is 7.77. The van der Waals surface area contributed by atoms with Gasteiger partial charge in [-0.2, -0.15) is 4.98 Å². The Bertz CT molecular complexity index is 653. The minimum atomic E-state index is 0.581. The molecule has 0 spiro atoms. The molecular weight excluding hydrogens is 320 g/mol. The second-order valence-corrected chi connectivity index (χ2v) is 6.05. The van der Waals surface area contributed by atoms with Crippen LogP contribution in [0.5, 0.6) is 5.75 Å². The summed E-state index contributed by atoms with van der Waals surface area (Å²) < 4.78 is 16.2. The van der Waals surface area contributed by atoms with Crippen molar-refractivity contribution in [2.75, 3.05) is 53.0 Å². The third-order valence-corrected chi connectivity index (χ3v) is 4.33. The van der Waals surface area contributed by atoms with E-state index >= 15 is 0 Å². The largest absolute Gasteiger partial charge is 0.493 e. The van der Waals surface area contributed by atoms with E-state index in [4.69, 9.17) is 14.0 Å². The summed E-state index contributed by atoms with van der Waals surface area (Å²) in [5, 5.41) is 4.13. The van der Waals surface area contributed by atoms with Crippen LogP contribution in [0, 0.1) is 0 Å². The van der Waals surface area contributed by atoms with E-state index in [1.807, 2.05) is 31.2 Å². The molecule has 136 valence electrons. The van der Waals surface area contributed by atoms with Crippen molar-refractivity contribution in [1.82, 2.24) is 19.9 Å². The van der Waals surface area contributed by atoms with Gasteiger partial charge in [-0.25, -0.2) is 0 Å². The molecule has 0 N–H and O–H groups in total. The van der Waals surface area contributed by atoms with Crippen LogP contribution in [0.25, 0.3) is 11.4 Å². The first kappa shape index (κ1) is 17.8. The normalized spacial score (nSPS) is 16.2. The number of ether oxygens (including phenoxy) is 2. The number of para-hydroxylation sites is 1. The molecule has 2 aromatic rings. The van der Waals surface area contributed by atoms with Gasteiger partial charge in [-0.15, -0.1) is 0 Å². The van der Waals surface area contributed by atoms with E-state index < -0.39 is 0 Å². The van der Waals surface area contributed by atoms with Crippen molar-refractivity contribution in [3.05, 3.63) is 30.2 Å². The average Bonchev–Trinajstić information content (AvgIpc) is 3.10. The Morgan fingerprint density at radius 1 is 1.12 bits per heavy atom. The predicted molar refractivity (Wildman–Crippen MR) is 94.5 cm³/mol. The molecule has 1 fully saturated rings.